The molecular weight excluding hydrogens is 324 g/mol. The van der Waals surface area contributed by atoms with Crippen LogP contribution in [-0.4, -0.2) is 21.3 Å². The van der Waals surface area contributed by atoms with Gasteiger partial charge in [0.05, 0.1) is 22.6 Å². The van der Waals surface area contributed by atoms with Crippen LogP contribution >= 0.6 is 11.6 Å². The predicted octanol–water partition coefficient (Wildman–Crippen LogP) is 4.60. The van der Waals surface area contributed by atoms with Crippen molar-refractivity contribution in [3.63, 3.8) is 0 Å². The van der Waals surface area contributed by atoms with Crippen LogP contribution in [0.5, 0.6) is 5.75 Å². The van der Waals surface area contributed by atoms with Gasteiger partial charge in [-0.25, -0.2) is 4.98 Å². The molecular formula is C19H21ClN2O2. The van der Waals surface area contributed by atoms with E-state index in [4.69, 9.17) is 16.3 Å². The number of halogens is 1. The molecule has 1 atom stereocenters. The maximum atomic E-state index is 10.4. The molecule has 1 N–H and O–H groups in total. The molecule has 0 aliphatic rings. The monoisotopic (exact) mass is 344 g/mol. The molecule has 0 saturated heterocycles. The quantitative estimate of drug-likeness (QED) is 0.681. The van der Waals surface area contributed by atoms with E-state index in [9.17, 15) is 5.11 Å². The Balaban J connectivity index is 1.82. The second-order valence-electron chi connectivity index (χ2n) is 5.69. The summed E-state index contributed by atoms with van der Waals surface area (Å²) in [6.07, 6.45) is 1.03. The Labute approximate surface area is 146 Å². The van der Waals surface area contributed by atoms with Crippen molar-refractivity contribution in [1.82, 2.24) is 9.55 Å². The van der Waals surface area contributed by atoms with Gasteiger partial charge in [-0.2, -0.15) is 0 Å². The van der Waals surface area contributed by atoms with E-state index < -0.39 is 6.10 Å². The van der Waals surface area contributed by atoms with Gasteiger partial charge in [0.15, 0.2) is 0 Å². The van der Waals surface area contributed by atoms with Crippen molar-refractivity contribution < 1.29 is 9.84 Å². The van der Waals surface area contributed by atoms with Gasteiger partial charge in [-0.15, -0.1) is 0 Å². The Morgan fingerprint density at radius 3 is 2.71 bits per heavy atom. The molecule has 5 heteroatoms. The number of benzene rings is 2. The van der Waals surface area contributed by atoms with Gasteiger partial charge in [-0.05, 0) is 30.7 Å². The van der Waals surface area contributed by atoms with Crippen molar-refractivity contribution >= 4 is 22.6 Å². The van der Waals surface area contributed by atoms with E-state index in [1.165, 1.54) is 0 Å². The van der Waals surface area contributed by atoms with Crippen molar-refractivity contribution in [1.29, 1.82) is 0 Å². The molecule has 0 aliphatic heterocycles. The SMILES string of the molecule is CCCC(O)c1nc2ccccc2n1CCOc1ccccc1Cl. The van der Waals surface area contributed by atoms with Gasteiger partial charge < -0.3 is 14.4 Å². The number of ether oxygens (including phenoxy) is 1. The Bertz CT molecular complexity index is 816. The van der Waals surface area contributed by atoms with Gasteiger partial charge in [0.1, 0.15) is 24.3 Å². The third-order valence-corrected chi connectivity index (χ3v) is 4.27. The van der Waals surface area contributed by atoms with Crippen LogP contribution in [0.4, 0.5) is 0 Å². The molecule has 2 aromatic carbocycles. The minimum absolute atomic E-state index is 0.454. The molecule has 1 unspecified atom stereocenters. The van der Waals surface area contributed by atoms with Crippen molar-refractivity contribution in [3.8, 4) is 5.75 Å². The Hall–Kier alpha value is -2.04. The Kier molecular flexibility index (Phi) is 5.38. The fourth-order valence-electron chi connectivity index (χ4n) is 2.79. The maximum absolute atomic E-state index is 10.4. The second kappa shape index (κ2) is 7.69. The lowest BCUT2D eigenvalue weighted by Crippen LogP contribution is -2.14. The lowest BCUT2D eigenvalue weighted by molar-refractivity contribution is 0.151. The number of rotatable bonds is 7. The third-order valence-electron chi connectivity index (χ3n) is 3.95. The number of aliphatic hydroxyl groups excluding tert-OH is 1. The molecule has 126 valence electrons. The second-order valence-corrected chi connectivity index (χ2v) is 6.10. The standard InChI is InChI=1S/C19H21ClN2O2/c1-2-7-17(23)19-21-15-9-4-5-10-16(15)22(19)12-13-24-18-11-6-3-8-14(18)20/h3-6,8-11,17,23H,2,7,12-13H2,1H3. The van der Waals surface area contributed by atoms with Crippen LogP contribution in [0.25, 0.3) is 11.0 Å². The summed E-state index contributed by atoms with van der Waals surface area (Å²) in [7, 11) is 0. The zero-order valence-electron chi connectivity index (χ0n) is 13.7. The molecule has 1 heterocycles. The average Bonchev–Trinajstić information content (AvgIpc) is 2.96. The van der Waals surface area contributed by atoms with E-state index in [2.05, 4.69) is 11.9 Å². The van der Waals surface area contributed by atoms with Gasteiger partial charge in [0.25, 0.3) is 0 Å². The first-order valence-corrected chi connectivity index (χ1v) is 8.59. The molecule has 0 amide bonds. The third kappa shape index (κ3) is 3.55. The molecule has 3 rings (SSSR count). The summed E-state index contributed by atoms with van der Waals surface area (Å²) in [5.41, 5.74) is 1.89. The summed E-state index contributed by atoms with van der Waals surface area (Å²) in [5, 5.41) is 11.0. The Morgan fingerprint density at radius 1 is 1.17 bits per heavy atom. The van der Waals surface area contributed by atoms with Crippen molar-refractivity contribution in [2.45, 2.75) is 32.4 Å². The fourth-order valence-corrected chi connectivity index (χ4v) is 2.99. The lowest BCUT2D eigenvalue weighted by atomic mass is 10.2. The van der Waals surface area contributed by atoms with Gasteiger partial charge in [0, 0.05) is 0 Å². The molecule has 0 bridgehead atoms. The maximum Gasteiger partial charge on any atom is 0.138 e. The van der Waals surface area contributed by atoms with Crippen LogP contribution in [0.3, 0.4) is 0 Å². The van der Waals surface area contributed by atoms with Crippen LogP contribution < -0.4 is 4.74 Å². The van der Waals surface area contributed by atoms with Crippen molar-refractivity contribution in [3.05, 3.63) is 59.4 Å². The first kappa shape index (κ1) is 16.8. The molecule has 24 heavy (non-hydrogen) atoms. The smallest absolute Gasteiger partial charge is 0.138 e. The molecule has 4 nitrogen and oxygen atoms in total. The highest BCUT2D eigenvalue weighted by molar-refractivity contribution is 6.32. The van der Waals surface area contributed by atoms with E-state index in [1.54, 1.807) is 6.07 Å². The molecule has 0 aliphatic carbocycles. The van der Waals surface area contributed by atoms with E-state index >= 15 is 0 Å². The highest BCUT2D eigenvalue weighted by Crippen LogP contribution is 2.25. The number of nitrogens with zero attached hydrogens (tertiary/aromatic N) is 2. The minimum atomic E-state index is -0.567. The number of aromatic nitrogens is 2. The number of fused-ring (bicyclic) bond motifs is 1. The summed E-state index contributed by atoms with van der Waals surface area (Å²) >= 11 is 6.12. The van der Waals surface area contributed by atoms with Gasteiger partial charge in [-0.3, -0.25) is 0 Å². The van der Waals surface area contributed by atoms with E-state index in [1.807, 2.05) is 47.0 Å². The highest BCUT2D eigenvalue weighted by atomic mass is 35.5. The zero-order chi connectivity index (χ0) is 16.9. The van der Waals surface area contributed by atoms with E-state index in [0.717, 1.165) is 17.5 Å². The lowest BCUT2D eigenvalue weighted by Gasteiger charge is -2.14. The fraction of sp³-hybridized carbons (Fsp3) is 0.316. The molecule has 1 aromatic heterocycles. The van der Waals surface area contributed by atoms with Gasteiger partial charge >= 0.3 is 0 Å². The van der Waals surface area contributed by atoms with Crippen LogP contribution in [0, 0.1) is 0 Å². The molecule has 0 spiro atoms. The number of hydrogen-bond donors (Lipinski definition) is 1. The summed E-state index contributed by atoms with van der Waals surface area (Å²) in [5.74, 6) is 1.36. The predicted molar refractivity (Wildman–Crippen MR) is 96.5 cm³/mol. The van der Waals surface area contributed by atoms with Crippen LogP contribution in [0.15, 0.2) is 48.5 Å². The normalized spacial score (nSPS) is 12.5. The summed E-state index contributed by atoms with van der Waals surface area (Å²) in [6.45, 7) is 3.11. The number of hydrogen-bond acceptors (Lipinski definition) is 3. The highest BCUT2D eigenvalue weighted by Gasteiger charge is 2.17. The molecule has 0 saturated carbocycles. The van der Waals surface area contributed by atoms with E-state index in [0.29, 0.717) is 36.2 Å². The number of aliphatic hydroxyl groups is 1. The largest absolute Gasteiger partial charge is 0.490 e. The van der Waals surface area contributed by atoms with Crippen LogP contribution in [0.2, 0.25) is 5.02 Å². The average molecular weight is 345 g/mol. The summed E-state index contributed by atoms with van der Waals surface area (Å²) < 4.78 is 7.83. The van der Waals surface area contributed by atoms with Gasteiger partial charge in [-0.1, -0.05) is 49.2 Å². The first-order chi connectivity index (χ1) is 11.7. The zero-order valence-corrected chi connectivity index (χ0v) is 14.4. The van der Waals surface area contributed by atoms with Crippen molar-refractivity contribution in [2.75, 3.05) is 6.61 Å². The molecule has 0 radical (unpaired) electrons. The number of para-hydroxylation sites is 3. The first-order valence-electron chi connectivity index (χ1n) is 8.21. The van der Waals surface area contributed by atoms with Gasteiger partial charge in [0.2, 0.25) is 0 Å². The Morgan fingerprint density at radius 2 is 1.92 bits per heavy atom. The van der Waals surface area contributed by atoms with Crippen LogP contribution in [-0.2, 0) is 6.54 Å². The molecule has 0 fully saturated rings. The summed E-state index contributed by atoms with van der Waals surface area (Å²) in [6, 6.07) is 15.3. The minimum Gasteiger partial charge on any atom is -0.490 e. The van der Waals surface area contributed by atoms with Crippen molar-refractivity contribution in [2.24, 2.45) is 0 Å². The summed E-state index contributed by atoms with van der Waals surface area (Å²) in [4.78, 5) is 4.61. The topological polar surface area (TPSA) is 47.3 Å². The van der Waals surface area contributed by atoms with E-state index in [-0.39, 0.29) is 0 Å². The van der Waals surface area contributed by atoms with Crippen LogP contribution in [0.1, 0.15) is 31.7 Å². The molecule has 3 aromatic rings. The number of imidazole rings is 1.